The van der Waals surface area contributed by atoms with Crippen molar-refractivity contribution in [3.63, 3.8) is 0 Å². The number of nitrogens with one attached hydrogen (secondary N) is 1. The highest BCUT2D eigenvalue weighted by molar-refractivity contribution is 8.00. The Morgan fingerprint density at radius 3 is 2.83 bits per heavy atom. The standard InChI is InChI=1S/C25H25N9O5S2/c1-32-10-11-33-16(32)9-8-14(29-33)7-6-13-12-40-23-18(22(36)34(23)19(13)24(37)38)27-21(35)17(20-28-25(26)41-31-20)30-39-15-4-2-3-5-15/h6-11,15,18,23H,2-5,12H2,1H3,(H3-,26,27,28,31,35,37,38)/p+1/b7-6+,30-17-/t18-,23-/m1/s1. The number of aliphatic carboxylic acids is 1. The molecule has 2 amide bonds. The number of hydrogen-bond donors (Lipinski definition) is 3. The van der Waals surface area contributed by atoms with E-state index in [0.717, 1.165) is 42.9 Å². The van der Waals surface area contributed by atoms with Crippen LogP contribution < -0.4 is 15.6 Å². The van der Waals surface area contributed by atoms with Crippen molar-refractivity contribution in [1.82, 2.24) is 29.2 Å². The third kappa shape index (κ3) is 5.15. The highest BCUT2D eigenvalue weighted by atomic mass is 32.2. The number of β-lactam (4-membered cyclic amide) rings is 1. The number of imidazole rings is 1. The van der Waals surface area contributed by atoms with Crippen molar-refractivity contribution in [2.45, 2.75) is 43.2 Å². The Kier molecular flexibility index (Phi) is 7.17. The maximum atomic E-state index is 13.2. The molecule has 0 radical (unpaired) electrons. The van der Waals surface area contributed by atoms with Gasteiger partial charge < -0.3 is 21.0 Å². The average Bonchev–Trinajstić information content (AvgIpc) is 3.72. The first-order chi connectivity index (χ1) is 19.8. The molecule has 1 saturated carbocycles. The number of hydrogen-bond acceptors (Lipinski definition) is 11. The minimum absolute atomic E-state index is 0.00179. The molecule has 0 unspecified atom stereocenters. The van der Waals surface area contributed by atoms with Gasteiger partial charge in [0.1, 0.15) is 35.1 Å². The molecule has 5 heterocycles. The molecule has 0 spiro atoms. The van der Waals surface area contributed by atoms with E-state index in [9.17, 15) is 19.5 Å². The van der Waals surface area contributed by atoms with E-state index in [0.29, 0.717) is 17.0 Å². The summed E-state index contributed by atoms with van der Waals surface area (Å²) in [5, 5.41) is 20.8. The van der Waals surface area contributed by atoms with E-state index < -0.39 is 29.2 Å². The molecule has 6 rings (SSSR count). The van der Waals surface area contributed by atoms with E-state index in [1.807, 2.05) is 36.1 Å². The second kappa shape index (κ2) is 10.9. The molecule has 4 N–H and O–H groups in total. The normalized spacial score (nSPS) is 21.4. The zero-order valence-corrected chi connectivity index (χ0v) is 23.5. The Labute approximate surface area is 241 Å². The molecule has 3 aromatic heterocycles. The number of nitrogen functional groups attached to an aromatic ring is 1. The first-order valence-corrected chi connectivity index (χ1v) is 14.7. The van der Waals surface area contributed by atoms with Crippen LogP contribution in [-0.4, -0.2) is 75.7 Å². The summed E-state index contributed by atoms with van der Waals surface area (Å²) in [6, 6.07) is 2.77. The van der Waals surface area contributed by atoms with Gasteiger partial charge in [0, 0.05) is 23.4 Å². The number of carbonyl (C=O) groups is 3. The summed E-state index contributed by atoms with van der Waals surface area (Å²) in [7, 11) is 1.91. The molecule has 212 valence electrons. The summed E-state index contributed by atoms with van der Waals surface area (Å²) in [5.41, 5.74) is 7.39. The van der Waals surface area contributed by atoms with E-state index in [1.54, 1.807) is 16.7 Å². The fourth-order valence-corrected chi connectivity index (χ4v) is 6.72. The second-order valence-electron chi connectivity index (χ2n) is 9.75. The van der Waals surface area contributed by atoms with E-state index in [-0.39, 0.29) is 28.5 Å². The molecule has 3 aromatic rings. The summed E-state index contributed by atoms with van der Waals surface area (Å²) in [6.45, 7) is 0. The summed E-state index contributed by atoms with van der Waals surface area (Å²) in [6.07, 6.45) is 10.7. The third-order valence-electron chi connectivity index (χ3n) is 7.06. The zero-order chi connectivity index (χ0) is 28.7. The molecule has 2 aliphatic heterocycles. The van der Waals surface area contributed by atoms with Crippen LogP contribution in [0, 0.1) is 0 Å². The molecular weight excluding hydrogens is 570 g/mol. The van der Waals surface area contributed by atoms with E-state index in [1.165, 1.54) is 16.7 Å². The van der Waals surface area contributed by atoms with Gasteiger partial charge in [-0.1, -0.05) is 16.3 Å². The monoisotopic (exact) mass is 596 g/mol. The van der Waals surface area contributed by atoms with Crippen LogP contribution in [0.1, 0.15) is 37.2 Å². The quantitative estimate of drug-likeness (QED) is 0.145. The van der Waals surface area contributed by atoms with Crippen LogP contribution in [0.4, 0.5) is 5.13 Å². The van der Waals surface area contributed by atoms with Crippen LogP contribution in [0.2, 0.25) is 0 Å². The number of carboxylic acids is 1. The van der Waals surface area contributed by atoms with Crippen molar-refractivity contribution in [2.75, 3.05) is 11.5 Å². The number of nitrogens with zero attached hydrogens (tertiary/aromatic N) is 7. The molecule has 2 atom stereocenters. The van der Waals surface area contributed by atoms with Crippen LogP contribution in [-0.2, 0) is 26.3 Å². The third-order valence-corrected chi connectivity index (χ3v) is 8.90. The van der Waals surface area contributed by atoms with Crippen LogP contribution in [0.25, 0.3) is 11.7 Å². The van der Waals surface area contributed by atoms with Crippen LogP contribution in [0.5, 0.6) is 0 Å². The molecule has 0 aromatic carbocycles. The van der Waals surface area contributed by atoms with Gasteiger partial charge in [0.2, 0.25) is 11.5 Å². The predicted octanol–water partition coefficient (Wildman–Crippen LogP) is 0.708. The van der Waals surface area contributed by atoms with Gasteiger partial charge in [-0.05, 0) is 43.4 Å². The number of aromatic nitrogens is 5. The van der Waals surface area contributed by atoms with Gasteiger partial charge in [-0.2, -0.15) is 9.36 Å². The highest BCUT2D eigenvalue weighted by Crippen LogP contribution is 2.40. The number of amides is 2. The van der Waals surface area contributed by atoms with Gasteiger partial charge in [0.15, 0.2) is 11.3 Å². The SMILES string of the molecule is C[n+]1ccn2nc(/C=C/C3=C(C(=O)O)N4C(=O)[C@@H](NC(=O)/C(=N\OC5CCCC5)c5nsc(N)n5)[C@H]4SC3)ccc21. The number of carboxylic acid groups (broad SMARTS) is 1. The first kappa shape index (κ1) is 26.9. The van der Waals surface area contributed by atoms with Gasteiger partial charge in [0.25, 0.3) is 11.8 Å². The fraction of sp³-hybridized carbons (Fsp3) is 0.360. The van der Waals surface area contributed by atoms with Crippen molar-refractivity contribution in [3.05, 3.63) is 53.4 Å². The molecule has 2 fully saturated rings. The van der Waals surface area contributed by atoms with E-state index in [2.05, 4.69) is 24.9 Å². The molecule has 3 aliphatic rings. The first-order valence-electron chi connectivity index (χ1n) is 12.9. The lowest BCUT2D eigenvalue weighted by atomic mass is 10.0. The maximum absolute atomic E-state index is 13.2. The van der Waals surface area contributed by atoms with Crippen molar-refractivity contribution in [2.24, 2.45) is 12.2 Å². The predicted molar refractivity (Wildman–Crippen MR) is 149 cm³/mol. The molecular formula is C25H26N9O5S2+. The van der Waals surface area contributed by atoms with Crippen molar-refractivity contribution < 1.29 is 28.9 Å². The smallest absolute Gasteiger partial charge is 0.352 e. The zero-order valence-electron chi connectivity index (χ0n) is 21.8. The van der Waals surface area contributed by atoms with Crippen LogP contribution in [0.3, 0.4) is 0 Å². The number of allylic oxidation sites excluding steroid dienone is 1. The minimum Gasteiger partial charge on any atom is -0.477 e. The van der Waals surface area contributed by atoms with Gasteiger partial charge >= 0.3 is 11.6 Å². The Hall–Kier alpha value is -4.31. The summed E-state index contributed by atoms with van der Waals surface area (Å²) in [5.74, 6) is -2.16. The molecule has 41 heavy (non-hydrogen) atoms. The average molecular weight is 597 g/mol. The number of nitrogens with two attached hydrogens (primary N) is 1. The van der Waals surface area contributed by atoms with Gasteiger partial charge in [-0.3, -0.25) is 14.5 Å². The van der Waals surface area contributed by atoms with Crippen molar-refractivity contribution >= 4 is 63.6 Å². The largest absolute Gasteiger partial charge is 0.477 e. The van der Waals surface area contributed by atoms with Gasteiger partial charge in [-0.15, -0.1) is 16.3 Å². The lowest BCUT2D eigenvalue weighted by molar-refractivity contribution is -0.644. The summed E-state index contributed by atoms with van der Waals surface area (Å²) >= 11 is 2.26. The van der Waals surface area contributed by atoms with Crippen molar-refractivity contribution in [3.8, 4) is 0 Å². The number of carbonyl (C=O) groups excluding carboxylic acids is 2. The number of aryl methyl sites for hydroxylation is 1. The number of fused-ring (bicyclic) bond motifs is 2. The highest BCUT2D eigenvalue weighted by Gasteiger charge is 2.54. The maximum Gasteiger partial charge on any atom is 0.352 e. The fourth-order valence-electron chi connectivity index (χ4n) is 4.97. The van der Waals surface area contributed by atoms with Crippen LogP contribution in [0.15, 0.2) is 47.0 Å². The summed E-state index contributed by atoms with van der Waals surface area (Å²) < 4.78 is 7.72. The Balaban J connectivity index is 1.20. The topological polar surface area (TPSA) is 181 Å². The number of rotatable bonds is 8. The van der Waals surface area contributed by atoms with Crippen molar-refractivity contribution in [1.29, 1.82) is 0 Å². The van der Waals surface area contributed by atoms with E-state index >= 15 is 0 Å². The number of oxime groups is 1. The lowest BCUT2D eigenvalue weighted by Crippen LogP contribution is -2.71. The number of anilines is 1. The molecule has 0 bridgehead atoms. The number of thioether (sulfide) groups is 1. The Morgan fingerprint density at radius 2 is 2.10 bits per heavy atom. The molecule has 14 nitrogen and oxygen atoms in total. The van der Waals surface area contributed by atoms with Gasteiger partial charge in [0.05, 0.1) is 7.05 Å². The Morgan fingerprint density at radius 1 is 1.29 bits per heavy atom. The van der Waals surface area contributed by atoms with Gasteiger partial charge in [-0.25, -0.2) is 9.36 Å². The van der Waals surface area contributed by atoms with E-state index in [4.69, 9.17) is 10.6 Å². The molecule has 1 saturated heterocycles. The Bertz CT molecular complexity index is 1640. The molecule has 1 aliphatic carbocycles. The minimum atomic E-state index is -1.23. The second-order valence-corrected chi connectivity index (χ2v) is 11.6. The van der Waals surface area contributed by atoms with Crippen LogP contribution >= 0.6 is 23.3 Å². The lowest BCUT2D eigenvalue weighted by Gasteiger charge is -2.49. The molecule has 16 heteroatoms. The summed E-state index contributed by atoms with van der Waals surface area (Å²) in [4.78, 5) is 49.5.